The minimum absolute atomic E-state index is 0.0602. The lowest BCUT2D eigenvalue weighted by Crippen LogP contribution is -2.45. The molecule has 1 N–H and O–H groups in total. The van der Waals surface area contributed by atoms with Crippen molar-refractivity contribution in [3.05, 3.63) is 59.2 Å². The number of hydrogen-bond donors (Lipinski definition) is 1. The molecule has 33 heavy (non-hydrogen) atoms. The molecule has 3 rings (SSSR count). The summed E-state index contributed by atoms with van der Waals surface area (Å²) in [6.07, 6.45) is -3.08. The van der Waals surface area contributed by atoms with Crippen molar-refractivity contribution in [3.63, 3.8) is 0 Å². The summed E-state index contributed by atoms with van der Waals surface area (Å²) in [6, 6.07) is 10.7. The summed E-state index contributed by atoms with van der Waals surface area (Å²) >= 11 is 4.47. The van der Waals surface area contributed by atoms with Gasteiger partial charge in [-0.1, -0.05) is 62.7 Å². The third-order valence-corrected chi connectivity index (χ3v) is 7.05. The molecule has 0 radical (unpaired) electrons. The van der Waals surface area contributed by atoms with Gasteiger partial charge in [0.25, 0.3) is 0 Å². The van der Waals surface area contributed by atoms with E-state index in [-0.39, 0.29) is 11.0 Å². The van der Waals surface area contributed by atoms with Crippen LogP contribution in [0, 0.1) is 5.41 Å². The molecule has 3 nitrogen and oxygen atoms in total. The molecule has 2 aromatic carbocycles. The normalized spacial score (nSPS) is 15.1. The van der Waals surface area contributed by atoms with Crippen LogP contribution < -0.4 is 4.72 Å². The largest absolute Gasteiger partial charge is 0.598 e. The summed E-state index contributed by atoms with van der Waals surface area (Å²) in [5, 5.41) is 1.04. The Morgan fingerprint density at radius 2 is 1.67 bits per heavy atom. The van der Waals surface area contributed by atoms with Crippen molar-refractivity contribution in [2.24, 2.45) is 5.41 Å². The van der Waals surface area contributed by atoms with E-state index in [1.807, 2.05) is 49.6 Å². The van der Waals surface area contributed by atoms with Crippen molar-refractivity contribution in [2.45, 2.75) is 65.1 Å². The number of benzene rings is 2. The molecule has 0 spiro atoms. The van der Waals surface area contributed by atoms with E-state index in [9.17, 15) is 17.7 Å². The lowest BCUT2D eigenvalue weighted by molar-refractivity contribution is -0.152. The molecule has 1 heterocycles. The van der Waals surface area contributed by atoms with Crippen molar-refractivity contribution < 1.29 is 17.7 Å². The minimum Gasteiger partial charge on any atom is -0.598 e. The first-order valence-electron chi connectivity index (χ1n) is 10.7. The van der Waals surface area contributed by atoms with E-state index in [1.165, 1.54) is 6.20 Å². The fourth-order valence-corrected chi connectivity index (χ4v) is 4.72. The molecule has 180 valence electrons. The second-order valence-corrected chi connectivity index (χ2v) is 12.9. The predicted molar refractivity (Wildman–Crippen MR) is 132 cm³/mol. The van der Waals surface area contributed by atoms with E-state index in [1.54, 1.807) is 39.0 Å². The number of halogens is 4. The molecule has 0 saturated carbocycles. The van der Waals surface area contributed by atoms with E-state index < -0.39 is 28.3 Å². The van der Waals surface area contributed by atoms with Gasteiger partial charge in [-0.3, -0.25) is 0 Å². The number of rotatable bonds is 5. The molecule has 1 aromatic heterocycles. The van der Waals surface area contributed by atoms with Crippen molar-refractivity contribution in [1.82, 2.24) is 9.29 Å². The van der Waals surface area contributed by atoms with Crippen molar-refractivity contribution in [3.8, 4) is 11.1 Å². The zero-order valence-corrected chi connectivity index (χ0v) is 21.3. The van der Waals surface area contributed by atoms with Crippen LogP contribution in [0.25, 0.3) is 22.0 Å². The van der Waals surface area contributed by atoms with Gasteiger partial charge in [0.15, 0.2) is 6.04 Å². The summed E-state index contributed by atoms with van der Waals surface area (Å²) in [5.41, 5.74) is 2.20. The average molecular weight is 499 g/mol. The number of aromatic nitrogens is 1. The first-order chi connectivity index (χ1) is 15.1. The average Bonchev–Trinajstić information content (AvgIpc) is 3.00. The molecular weight excluding hydrogens is 469 g/mol. The van der Waals surface area contributed by atoms with Crippen LogP contribution in [0.5, 0.6) is 0 Å². The minimum atomic E-state index is -4.62. The molecule has 3 aromatic rings. The second-order valence-electron chi connectivity index (χ2n) is 10.5. The number of fused-ring (bicyclic) bond motifs is 1. The summed E-state index contributed by atoms with van der Waals surface area (Å²) in [5.74, 6) is 0. The Morgan fingerprint density at radius 1 is 1.03 bits per heavy atom. The second kappa shape index (κ2) is 9.17. The van der Waals surface area contributed by atoms with E-state index in [0.717, 1.165) is 11.1 Å². The van der Waals surface area contributed by atoms with Gasteiger partial charge in [-0.15, -0.1) is 4.72 Å². The van der Waals surface area contributed by atoms with Crippen LogP contribution in [0.1, 0.15) is 53.1 Å². The van der Waals surface area contributed by atoms with Crippen LogP contribution in [0.15, 0.2) is 48.7 Å². The summed E-state index contributed by atoms with van der Waals surface area (Å²) in [7, 11) is 0. The SMILES string of the molecule is CC(C)(C)Cn1cc([C@H](N[S@@+]([O-])C(C)(C)C)C(F)(F)F)c2ccc(-c3ccccc3Cl)cc21. The zero-order chi connectivity index (χ0) is 24.8. The Bertz CT molecular complexity index is 1130. The fourth-order valence-electron chi connectivity index (χ4n) is 3.65. The lowest BCUT2D eigenvalue weighted by atomic mass is 9.96. The quantitative estimate of drug-likeness (QED) is 0.367. The first kappa shape index (κ1) is 25.9. The Balaban J connectivity index is 2.21. The van der Waals surface area contributed by atoms with Crippen LogP contribution in [0.3, 0.4) is 0 Å². The maximum Gasteiger partial charge on any atom is 0.412 e. The van der Waals surface area contributed by atoms with Gasteiger partial charge >= 0.3 is 6.18 Å². The standard InChI is InChI=1S/C25H30ClF3N2OS/c1-23(2,3)15-31-14-19(22(25(27,28)29)30-33(32)24(4,5)6)18-12-11-16(13-21(18)31)17-9-7-8-10-20(17)26/h7-14,22,30H,15H2,1-6H3/t22-,33-/m0/s1. The van der Waals surface area contributed by atoms with Gasteiger partial charge in [0.2, 0.25) is 0 Å². The van der Waals surface area contributed by atoms with E-state index >= 15 is 0 Å². The molecule has 0 aliphatic carbocycles. The highest BCUT2D eigenvalue weighted by molar-refractivity contribution is 7.90. The molecule has 0 aliphatic heterocycles. The first-order valence-corrected chi connectivity index (χ1v) is 12.2. The van der Waals surface area contributed by atoms with Gasteiger partial charge in [-0.2, -0.15) is 13.2 Å². The molecule has 0 saturated heterocycles. The summed E-state index contributed by atoms with van der Waals surface area (Å²) in [6.45, 7) is 11.5. The van der Waals surface area contributed by atoms with Crippen molar-refractivity contribution >= 4 is 33.9 Å². The molecule has 0 unspecified atom stereocenters. The monoisotopic (exact) mass is 498 g/mol. The third kappa shape index (κ3) is 6.07. The van der Waals surface area contributed by atoms with Crippen LogP contribution in [-0.2, 0) is 17.9 Å². The maximum absolute atomic E-state index is 14.2. The fraction of sp³-hybridized carbons (Fsp3) is 0.440. The van der Waals surface area contributed by atoms with Gasteiger partial charge < -0.3 is 9.12 Å². The van der Waals surface area contributed by atoms with Crippen LogP contribution >= 0.6 is 11.6 Å². The highest BCUT2D eigenvalue weighted by Gasteiger charge is 2.47. The lowest BCUT2D eigenvalue weighted by Gasteiger charge is -2.29. The maximum atomic E-state index is 14.2. The summed E-state index contributed by atoms with van der Waals surface area (Å²) in [4.78, 5) is 0. The van der Waals surface area contributed by atoms with Gasteiger partial charge in [-0.25, -0.2) is 0 Å². The molecule has 0 amide bonds. The topological polar surface area (TPSA) is 40.0 Å². The highest BCUT2D eigenvalue weighted by Crippen LogP contribution is 2.41. The Kier molecular flexibility index (Phi) is 7.21. The molecule has 0 bridgehead atoms. The van der Waals surface area contributed by atoms with Crippen LogP contribution in [0.4, 0.5) is 13.2 Å². The van der Waals surface area contributed by atoms with Gasteiger partial charge in [0.05, 0.1) is 0 Å². The van der Waals surface area contributed by atoms with Crippen LogP contribution in [0.2, 0.25) is 5.02 Å². The summed E-state index contributed by atoms with van der Waals surface area (Å²) < 4.78 is 58.6. The number of hydrogen-bond acceptors (Lipinski definition) is 2. The Hall–Kier alpha value is -1.67. The Morgan fingerprint density at radius 3 is 2.21 bits per heavy atom. The molecular formula is C25H30ClF3N2OS. The van der Waals surface area contributed by atoms with E-state index in [4.69, 9.17) is 11.6 Å². The third-order valence-electron chi connectivity index (χ3n) is 5.16. The number of nitrogens with one attached hydrogen (secondary N) is 1. The zero-order valence-electron chi connectivity index (χ0n) is 19.7. The van der Waals surface area contributed by atoms with Crippen molar-refractivity contribution in [1.29, 1.82) is 0 Å². The number of alkyl halides is 3. The smallest absolute Gasteiger partial charge is 0.412 e. The van der Waals surface area contributed by atoms with Crippen molar-refractivity contribution in [2.75, 3.05) is 0 Å². The van der Waals surface area contributed by atoms with Gasteiger partial charge in [-0.05, 0) is 43.9 Å². The molecule has 0 aliphatic rings. The highest BCUT2D eigenvalue weighted by atomic mass is 35.5. The molecule has 0 fully saturated rings. The van der Waals surface area contributed by atoms with Crippen LogP contribution in [-0.4, -0.2) is 20.0 Å². The predicted octanol–water partition coefficient (Wildman–Crippen LogP) is 7.66. The van der Waals surface area contributed by atoms with E-state index in [0.29, 0.717) is 22.5 Å². The van der Waals surface area contributed by atoms with E-state index in [2.05, 4.69) is 4.72 Å². The Labute approximate surface area is 201 Å². The number of nitrogens with zero attached hydrogens (tertiary/aromatic N) is 1. The molecule has 2 atom stereocenters. The van der Waals surface area contributed by atoms with Gasteiger partial charge in [0.1, 0.15) is 4.75 Å². The van der Waals surface area contributed by atoms with Gasteiger partial charge in [0, 0.05) is 51.2 Å². The molecule has 8 heteroatoms.